The molecular formula is C13H20IN3. The van der Waals surface area contributed by atoms with Crippen molar-refractivity contribution in [2.75, 3.05) is 26.7 Å². The summed E-state index contributed by atoms with van der Waals surface area (Å²) in [4.78, 5) is 6.56. The Bertz CT molecular complexity index is 390. The first-order chi connectivity index (χ1) is 7.75. The summed E-state index contributed by atoms with van der Waals surface area (Å²) in [6.07, 6.45) is 1.05. The molecule has 0 fully saturated rings. The number of nitrogens with one attached hydrogen (secondary N) is 1. The molecule has 0 radical (unpaired) electrons. The van der Waals surface area contributed by atoms with Crippen LogP contribution in [-0.4, -0.2) is 37.5 Å². The average molecular weight is 345 g/mol. The summed E-state index contributed by atoms with van der Waals surface area (Å²) in [5.41, 5.74) is 2.71. The predicted molar refractivity (Wildman–Crippen MR) is 83.2 cm³/mol. The highest BCUT2D eigenvalue weighted by Gasteiger charge is 2.10. The lowest BCUT2D eigenvalue weighted by Gasteiger charge is -2.15. The molecule has 0 aromatic heterocycles. The summed E-state index contributed by atoms with van der Waals surface area (Å²) in [5.74, 6) is 1.03. The standard InChI is InChI=1S/C13H19N3.HI/c1-11-4-3-5-12(10-11)6-7-14-13-15-8-9-16(13)2;/h3-5,10H,6-9H2,1-2H3,(H,14,15);1H. The van der Waals surface area contributed by atoms with Gasteiger partial charge in [-0.15, -0.1) is 24.0 Å². The van der Waals surface area contributed by atoms with Crippen LogP contribution < -0.4 is 5.32 Å². The molecule has 1 aliphatic rings. The molecule has 0 amide bonds. The van der Waals surface area contributed by atoms with Gasteiger partial charge >= 0.3 is 0 Å². The Morgan fingerprint density at radius 2 is 2.24 bits per heavy atom. The van der Waals surface area contributed by atoms with Crippen LogP contribution in [0.3, 0.4) is 0 Å². The predicted octanol–water partition coefficient (Wildman–Crippen LogP) is 2.05. The van der Waals surface area contributed by atoms with Crippen molar-refractivity contribution in [3.05, 3.63) is 35.4 Å². The van der Waals surface area contributed by atoms with Crippen molar-refractivity contribution in [3.63, 3.8) is 0 Å². The van der Waals surface area contributed by atoms with Gasteiger partial charge in [-0.3, -0.25) is 4.99 Å². The maximum atomic E-state index is 4.40. The first-order valence-electron chi connectivity index (χ1n) is 5.81. The van der Waals surface area contributed by atoms with Crippen LogP contribution in [0, 0.1) is 6.92 Å². The molecule has 3 nitrogen and oxygen atoms in total. The second kappa shape index (κ2) is 6.83. The van der Waals surface area contributed by atoms with E-state index in [2.05, 4.69) is 53.4 Å². The van der Waals surface area contributed by atoms with Crippen LogP contribution in [0.25, 0.3) is 0 Å². The van der Waals surface area contributed by atoms with E-state index in [-0.39, 0.29) is 24.0 Å². The minimum atomic E-state index is 0. The van der Waals surface area contributed by atoms with Crippen LogP contribution in [0.2, 0.25) is 0 Å². The number of hydrogen-bond donors (Lipinski definition) is 1. The number of aliphatic imine (C=N–C) groups is 1. The number of guanidine groups is 1. The molecule has 1 N–H and O–H groups in total. The summed E-state index contributed by atoms with van der Waals surface area (Å²) in [6, 6.07) is 8.66. The van der Waals surface area contributed by atoms with Gasteiger partial charge in [0.2, 0.25) is 0 Å². The third-order valence-electron chi connectivity index (χ3n) is 2.84. The van der Waals surface area contributed by atoms with E-state index in [0.29, 0.717) is 0 Å². The molecule has 0 aliphatic carbocycles. The Morgan fingerprint density at radius 3 is 2.88 bits per heavy atom. The molecule has 0 atom stereocenters. The highest BCUT2D eigenvalue weighted by Crippen LogP contribution is 2.04. The smallest absolute Gasteiger partial charge is 0.193 e. The first-order valence-corrected chi connectivity index (χ1v) is 5.81. The van der Waals surface area contributed by atoms with Gasteiger partial charge < -0.3 is 10.2 Å². The maximum Gasteiger partial charge on any atom is 0.193 e. The number of aryl methyl sites for hydroxylation is 1. The quantitative estimate of drug-likeness (QED) is 0.850. The maximum absolute atomic E-state index is 4.40. The normalized spacial score (nSPS) is 14.2. The van der Waals surface area contributed by atoms with Crippen LogP contribution in [-0.2, 0) is 6.42 Å². The monoisotopic (exact) mass is 345 g/mol. The molecule has 1 heterocycles. The van der Waals surface area contributed by atoms with Crippen LogP contribution >= 0.6 is 24.0 Å². The Balaban J connectivity index is 0.00000144. The van der Waals surface area contributed by atoms with Crippen LogP contribution in [0.4, 0.5) is 0 Å². The molecule has 2 rings (SSSR count). The number of benzene rings is 1. The second-order valence-electron chi connectivity index (χ2n) is 4.29. The largest absolute Gasteiger partial charge is 0.356 e. The van der Waals surface area contributed by atoms with Crippen molar-refractivity contribution >= 4 is 29.9 Å². The van der Waals surface area contributed by atoms with Gasteiger partial charge in [0, 0.05) is 20.1 Å². The molecule has 0 saturated carbocycles. The van der Waals surface area contributed by atoms with E-state index >= 15 is 0 Å². The lowest BCUT2D eigenvalue weighted by atomic mass is 10.1. The van der Waals surface area contributed by atoms with E-state index in [1.807, 2.05) is 0 Å². The van der Waals surface area contributed by atoms with Gasteiger partial charge in [-0.2, -0.15) is 0 Å². The summed E-state index contributed by atoms with van der Waals surface area (Å²) < 4.78 is 0. The topological polar surface area (TPSA) is 27.6 Å². The van der Waals surface area contributed by atoms with Crippen molar-refractivity contribution in [3.8, 4) is 0 Å². The Labute approximate surface area is 120 Å². The molecule has 4 heteroatoms. The van der Waals surface area contributed by atoms with Crippen molar-refractivity contribution in [1.82, 2.24) is 10.2 Å². The summed E-state index contributed by atoms with van der Waals surface area (Å²) in [6.45, 7) is 5.04. The Morgan fingerprint density at radius 1 is 1.41 bits per heavy atom. The molecule has 94 valence electrons. The summed E-state index contributed by atoms with van der Waals surface area (Å²) in [5, 5.41) is 3.38. The number of nitrogens with zero attached hydrogens (tertiary/aromatic N) is 2. The molecule has 1 aromatic carbocycles. The molecule has 0 bridgehead atoms. The van der Waals surface area contributed by atoms with Crippen LogP contribution in [0.5, 0.6) is 0 Å². The van der Waals surface area contributed by atoms with E-state index in [0.717, 1.165) is 32.0 Å². The van der Waals surface area contributed by atoms with Crippen LogP contribution in [0.15, 0.2) is 29.3 Å². The fourth-order valence-electron chi connectivity index (χ4n) is 1.91. The molecule has 17 heavy (non-hydrogen) atoms. The zero-order valence-corrected chi connectivity index (χ0v) is 12.8. The van der Waals surface area contributed by atoms with Crippen molar-refractivity contribution in [2.24, 2.45) is 4.99 Å². The van der Waals surface area contributed by atoms with Gasteiger partial charge in [-0.25, -0.2) is 0 Å². The molecule has 0 spiro atoms. The van der Waals surface area contributed by atoms with E-state index in [1.165, 1.54) is 11.1 Å². The van der Waals surface area contributed by atoms with Gasteiger partial charge in [0.1, 0.15) is 0 Å². The lowest BCUT2D eigenvalue weighted by Crippen LogP contribution is -2.36. The summed E-state index contributed by atoms with van der Waals surface area (Å²) in [7, 11) is 2.07. The van der Waals surface area contributed by atoms with Crippen molar-refractivity contribution in [1.29, 1.82) is 0 Å². The molecule has 1 aromatic rings. The summed E-state index contributed by atoms with van der Waals surface area (Å²) >= 11 is 0. The fraction of sp³-hybridized carbons (Fsp3) is 0.462. The second-order valence-corrected chi connectivity index (χ2v) is 4.29. The number of likely N-dealkylation sites (N-methyl/N-ethyl adjacent to an activating group) is 1. The number of hydrogen-bond acceptors (Lipinski definition) is 3. The SMILES string of the molecule is Cc1cccc(CCNC2=NCCN2C)c1.I. The average Bonchev–Trinajstić information content (AvgIpc) is 2.65. The van der Waals surface area contributed by atoms with E-state index in [1.54, 1.807) is 0 Å². The van der Waals surface area contributed by atoms with Crippen molar-refractivity contribution < 1.29 is 0 Å². The van der Waals surface area contributed by atoms with E-state index in [9.17, 15) is 0 Å². The van der Waals surface area contributed by atoms with Crippen LogP contribution in [0.1, 0.15) is 11.1 Å². The first kappa shape index (κ1) is 14.3. The highest BCUT2D eigenvalue weighted by molar-refractivity contribution is 14.0. The van der Waals surface area contributed by atoms with Gasteiger partial charge in [0.05, 0.1) is 6.54 Å². The molecule has 0 unspecified atom stereocenters. The van der Waals surface area contributed by atoms with Gasteiger partial charge in [0.25, 0.3) is 0 Å². The fourth-order valence-corrected chi connectivity index (χ4v) is 1.91. The zero-order valence-electron chi connectivity index (χ0n) is 10.4. The lowest BCUT2D eigenvalue weighted by molar-refractivity contribution is 0.534. The Kier molecular flexibility index (Phi) is 5.74. The van der Waals surface area contributed by atoms with E-state index < -0.39 is 0 Å². The van der Waals surface area contributed by atoms with Gasteiger partial charge in [0.15, 0.2) is 5.96 Å². The third kappa shape index (κ3) is 4.18. The molecule has 1 aliphatic heterocycles. The third-order valence-corrected chi connectivity index (χ3v) is 2.84. The minimum Gasteiger partial charge on any atom is -0.356 e. The van der Waals surface area contributed by atoms with Crippen molar-refractivity contribution in [2.45, 2.75) is 13.3 Å². The number of rotatable bonds is 3. The minimum absolute atomic E-state index is 0. The zero-order chi connectivity index (χ0) is 11.4. The number of halogens is 1. The Hall–Kier alpha value is -0.780. The molecular weight excluding hydrogens is 325 g/mol. The van der Waals surface area contributed by atoms with Gasteiger partial charge in [-0.05, 0) is 18.9 Å². The molecule has 0 saturated heterocycles. The van der Waals surface area contributed by atoms with Gasteiger partial charge in [-0.1, -0.05) is 29.8 Å². The van der Waals surface area contributed by atoms with E-state index in [4.69, 9.17) is 0 Å². The highest BCUT2D eigenvalue weighted by atomic mass is 127.